The normalized spacial score (nSPS) is 15.1. The number of furan rings is 1. The van der Waals surface area contributed by atoms with E-state index in [4.69, 9.17) is 9.15 Å². The molecule has 1 atom stereocenters. The van der Waals surface area contributed by atoms with E-state index in [1.165, 1.54) is 47.2 Å². The molecule has 3 heterocycles. The zero-order chi connectivity index (χ0) is 28.5. The van der Waals surface area contributed by atoms with E-state index < -0.39 is 29.5 Å². The van der Waals surface area contributed by atoms with Crippen LogP contribution in [0, 0.1) is 0 Å². The van der Waals surface area contributed by atoms with Gasteiger partial charge in [0.2, 0.25) is 10.9 Å². The summed E-state index contributed by atoms with van der Waals surface area (Å²) >= 11 is 2.64. The molecule has 5 aromatic rings. The molecule has 3 aromatic carbocycles. The van der Waals surface area contributed by atoms with Crippen molar-refractivity contribution >= 4 is 56.9 Å². The van der Waals surface area contributed by atoms with Crippen molar-refractivity contribution in [1.29, 1.82) is 0 Å². The molecule has 1 unspecified atom stereocenters. The number of thioether (sulfide) groups is 1. The van der Waals surface area contributed by atoms with E-state index in [1.54, 1.807) is 36.4 Å². The number of aliphatic hydroxyl groups excluding tert-OH is 1. The SMILES string of the molecule is COC(=O)c1ccc(C2C(C(=O)c3cc4ccccc4o3)=C(O)C(=O)N2c2nnc(SCc3ccccc3)s2)cc1. The Labute approximate surface area is 242 Å². The number of ether oxygens (including phenoxy) is 1. The number of benzene rings is 3. The van der Waals surface area contributed by atoms with Gasteiger partial charge in [-0.15, -0.1) is 10.2 Å². The highest BCUT2D eigenvalue weighted by atomic mass is 32.2. The summed E-state index contributed by atoms with van der Waals surface area (Å²) in [6, 6.07) is 23.8. The summed E-state index contributed by atoms with van der Waals surface area (Å²) in [6.07, 6.45) is 0. The van der Waals surface area contributed by atoms with E-state index >= 15 is 0 Å². The molecule has 0 saturated heterocycles. The van der Waals surface area contributed by atoms with Gasteiger partial charge in [-0.05, 0) is 35.4 Å². The molecule has 0 spiro atoms. The fraction of sp³-hybridized carbons (Fsp3) is 0.100. The lowest BCUT2D eigenvalue weighted by Crippen LogP contribution is -2.31. The van der Waals surface area contributed by atoms with Crippen molar-refractivity contribution in [2.45, 2.75) is 16.1 Å². The Balaban J connectivity index is 1.38. The molecule has 9 nitrogen and oxygen atoms in total. The third-order valence-electron chi connectivity index (χ3n) is 6.56. The molecule has 41 heavy (non-hydrogen) atoms. The second-order valence-electron chi connectivity index (χ2n) is 9.06. The summed E-state index contributed by atoms with van der Waals surface area (Å²) in [7, 11) is 1.28. The molecule has 1 N–H and O–H groups in total. The largest absolute Gasteiger partial charge is 0.503 e. The first-order valence-corrected chi connectivity index (χ1v) is 14.2. The third-order valence-corrected chi connectivity index (χ3v) is 8.68. The molecule has 2 aromatic heterocycles. The number of carbonyl (C=O) groups excluding carboxylic acids is 3. The number of para-hydroxylation sites is 1. The van der Waals surface area contributed by atoms with Gasteiger partial charge in [0.25, 0.3) is 5.91 Å². The number of Topliss-reactive ketones (excluding diaryl/α,β-unsaturated/α-hetero) is 1. The van der Waals surface area contributed by atoms with E-state index in [2.05, 4.69) is 10.2 Å². The molecule has 1 amide bonds. The van der Waals surface area contributed by atoms with Crippen molar-refractivity contribution < 1.29 is 28.6 Å². The van der Waals surface area contributed by atoms with E-state index in [0.717, 1.165) is 5.56 Å². The number of esters is 1. The summed E-state index contributed by atoms with van der Waals surface area (Å²) in [5.41, 5.74) is 2.21. The number of hydrogen-bond acceptors (Lipinski definition) is 10. The van der Waals surface area contributed by atoms with Crippen LogP contribution in [-0.2, 0) is 15.3 Å². The quantitative estimate of drug-likeness (QED) is 0.0992. The maximum atomic E-state index is 13.8. The van der Waals surface area contributed by atoms with Gasteiger partial charge in [0.15, 0.2) is 15.9 Å². The standard InChI is InChI=1S/C30H21N3O6S2/c1-38-28(37)19-13-11-18(12-14-19)24-23(25(34)22-15-20-9-5-6-10-21(20)39-22)26(35)27(36)33(24)29-31-32-30(41-29)40-16-17-7-3-2-4-8-17/h2-15,24,35H,16H2,1H3. The zero-order valence-corrected chi connectivity index (χ0v) is 23.1. The highest BCUT2D eigenvalue weighted by Crippen LogP contribution is 2.44. The average molecular weight is 584 g/mol. The van der Waals surface area contributed by atoms with Crippen LogP contribution in [0.25, 0.3) is 11.0 Å². The number of hydrogen-bond donors (Lipinski definition) is 1. The highest BCUT2D eigenvalue weighted by Gasteiger charge is 2.46. The van der Waals surface area contributed by atoms with Crippen LogP contribution in [-0.4, -0.2) is 40.1 Å². The Bertz CT molecular complexity index is 1780. The summed E-state index contributed by atoms with van der Waals surface area (Å²) in [5, 5.41) is 20.5. The van der Waals surface area contributed by atoms with Crippen molar-refractivity contribution in [2.75, 3.05) is 12.0 Å². The highest BCUT2D eigenvalue weighted by molar-refractivity contribution is 8.00. The molecule has 11 heteroatoms. The van der Waals surface area contributed by atoms with E-state index in [-0.39, 0.29) is 16.5 Å². The van der Waals surface area contributed by atoms with Crippen LogP contribution < -0.4 is 4.90 Å². The maximum Gasteiger partial charge on any atom is 0.337 e. The Kier molecular flexibility index (Phi) is 7.12. The minimum Gasteiger partial charge on any atom is -0.503 e. The molecule has 1 aliphatic rings. The molecule has 6 rings (SSSR count). The molecule has 0 bridgehead atoms. The van der Waals surface area contributed by atoms with Gasteiger partial charge >= 0.3 is 5.97 Å². The first-order chi connectivity index (χ1) is 19.9. The Morgan fingerprint density at radius 2 is 1.76 bits per heavy atom. The van der Waals surface area contributed by atoms with Crippen LogP contribution in [0.15, 0.2) is 105 Å². The van der Waals surface area contributed by atoms with Gasteiger partial charge in [-0.25, -0.2) is 4.79 Å². The van der Waals surface area contributed by atoms with Crippen LogP contribution in [0.2, 0.25) is 0 Å². The molecular formula is C30H21N3O6S2. The zero-order valence-electron chi connectivity index (χ0n) is 21.5. The molecule has 1 aliphatic heterocycles. The first-order valence-electron chi connectivity index (χ1n) is 12.4. The Morgan fingerprint density at radius 3 is 2.49 bits per heavy atom. The number of aromatic nitrogens is 2. The number of carbonyl (C=O) groups is 3. The summed E-state index contributed by atoms with van der Waals surface area (Å²) < 4.78 is 11.2. The van der Waals surface area contributed by atoms with Gasteiger partial charge in [-0.1, -0.05) is 83.8 Å². The van der Waals surface area contributed by atoms with Crippen LogP contribution in [0.1, 0.15) is 38.1 Å². The first kappa shape index (κ1) is 26.5. The molecule has 0 radical (unpaired) electrons. The number of amides is 1. The van der Waals surface area contributed by atoms with E-state index in [1.807, 2.05) is 36.4 Å². The van der Waals surface area contributed by atoms with Gasteiger partial charge in [0.1, 0.15) is 5.58 Å². The van der Waals surface area contributed by atoms with Crippen molar-refractivity contribution in [2.24, 2.45) is 0 Å². The smallest absolute Gasteiger partial charge is 0.337 e. The van der Waals surface area contributed by atoms with Crippen LogP contribution in [0.3, 0.4) is 0 Å². The van der Waals surface area contributed by atoms with Gasteiger partial charge < -0.3 is 14.3 Å². The summed E-state index contributed by atoms with van der Waals surface area (Å²) in [6.45, 7) is 0. The van der Waals surface area contributed by atoms with Crippen LogP contribution >= 0.6 is 23.1 Å². The Hall–Kier alpha value is -4.74. The van der Waals surface area contributed by atoms with Gasteiger partial charge in [0, 0.05) is 11.1 Å². The van der Waals surface area contributed by atoms with Crippen molar-refractivity contribution in [3.05, 3.63) is 119 Å². The summed E-state index contributed by atoms with van der Waals surface area (Å²) in [5.74, 6) is -2.03. The van der Waals surface area contributed by atoms with Crippen molar-refractivity contribution in [1.82, 2.24) is 10.2 Å². The predicted molar refractivity (Wildman–Crippen MR) is 154 cm³/mol. The van der Waals surface area contributed by atoms with Crippen LogP contribution in [0.4, 0.5) is 5.13 Å². The van der Waals surface area contributed by atoms with E-state index in [0.29, 0.717) is 32.2 Å². The molecule has 0 fully saturated rings. The maximum absolute atomic E-state index is 13.8. The Morgan fingerprint density at radius 1 is 1.02 bits per heavy atom. The van der Waals surface area contributed by atoms with Crippen LogP contribution in [0.5, 0.6) is 0 Å². The lowest BCUT2D eigenvalue weighted by molar-refractivity contribution is -0.117. The third kappa shape index (κ3) is 5.01. The van der Waals surface area contributed by atoms with Gasteiger partial charge in [0.05, 0.1) is 24.3 Å². The number of fused-ring (bicyclic) bond motifs is 1. The van der Waals surface area contributed by atoms with Gasteiger partial charge in [-0.2, -0.15) is 0 Å². The number of methoxy groups -OCH3 is 1. The fourth-order valence-corrected chi connectivity index (χ4v) is 6.40. The second-order valence-corrected chi connectivity index (χ2v) is 11.2. The number of aliphatic hydroxyl groups is 1. The van der Waals surface area contributed by atoms with Gasteiger partial charge in [-0.3, -0.25) is 14.5 Å². The molecule has 204 valence electrons. The predicted octanol–water partition coefficient (Wildman–Crippen LogP) is 6.15. The lowest BCUT2D eigenvalue weighted by atomic mass is 9.94. The summed E-state index contributed by atoms with van der Waals surface area (Å²) in [4.78, 5) is 40.6. The minimum absolute atomic E-state index is 0.0186. The minimum atomic E-state index is -1.05. The van der Waals surface area contributed by atoms with Crippen molar-refractivity contribution in [3.63, 3.8) is 0 Å². The fourth-order valence-electron chi connectivity index (χ4n) is 4.57. The molecular weight excluding hydrogens is 562 g/mol. The molecule has 0 saturated carbocycles. The second kappa shape index (κ2) is 11.0. The van der Waals surface area contributed by atoms with E-state index in [9.17, 15) is 19.5 Å². The number of nitrogens with zero attached hydrogens (tertiary/aromatic N) is 3. The lowest BCUT2D eigenvalue weighted by Gasteiger charge is -2.24. The molecule has 0 aliphatic carbocycles. The number of anilines is 1. The average Bonchev–Trinajstić information content (AvgIpc) is 3.72. The topological polar surface area (TPSA) is 123 Å². The van der Waals surface area contributed by atoms with Crippen molar-refractivity contribution in [3.8, 4) is 0 Å². The monoisotopic (exact) mass is 583 g/mol. The number of rotatable bonds is 8. The number of ketones is 1.